The molecule has 0 aromatic carbocycles. The number of anilines is 2. The fourth-order valence-electron chi connectivity index (χ4n) is 1.25. The summed E-state index contributed by atoms with van der Waals surface area (Å²) >= 11 is 1.71. The van der Waals surface area contributed by atoms with Crippen LogP contribution in [0.5, 0.6) is 5.88 Å². The van der Waals surface area contributed by atoms with Gasteiger partial charge < -0.3 is 15.8 Å². The Morgan fingerprint density at radius 3 is 3.00 bits per heavy atom. The van der Waals surface area contributed by atoms with Gasteiger partial charge in [0, 0.05) is 12.3 Å². The van der Waals surface area contributed by atoms with E-state index in [1.54, 1.807) is 17.8 Å². The first kappa shape index (κ1) is 14.5. The topological polar surface area (TPSA) is 60.2 Å². The molecule has 4 nitrogen and oxygen atoms in total. The molecule has 0 aliphatic carbocycles. The van der Waals surface area contributed by atoms with E-state index in [9.17, 15) is 0 Å². The molecule has 0 saturated carbocycles. The average Bonchev–Trinajstić information content (AvgIpc) is 2.32. The molecule has 1 aromatic heterocycles. The van der Waals surface area contributed by atoms with E-state index in [1.165, 1.54) is 0 Å². The maximum Gasteiger partial charge on any atom is 0.239 e. The zero-order chi connectivity index (χ0) is 13.4. The summed E-state index contributed by atoms with van der Waals surface area (Å²) in [5.74, 6) is 5.51. The number of nitrogens with one attached hydrogen (secondary N) is 1. The maximum absolute atomic E-state index is 5.79. The van der Waals surface area contributed by atoms with Gasteiger partial charge in [0.15, 0.2) is 0 Å². The number of hydrogen-bond donors (Lipinski definition) is 2. The Labute approximate surface area is 113 Å². The normalized spacial score (nSPS) is 10.1. The van der Waals surface area contributed by atoms with Gasteiger partial charge in [0.2, 0.25) is 5.88 Å². The molecule has 0 aliphatic heterocycles. The molecule has 0 aliphatic rings. The van der Waals surface area contributed by atoms with Gasteiger partial charge in [-0.1, -0.05) is 5.92 Å². The van der Waals surface area contributed by atoms with Crippen LogP contribution in [0, 0.1) is 12.3 Å². The van der Waals surface area contributed by atoms with Crippen molar-refractivity contribution in [2.45, 2.75) is 20.0 Å². The number of nitrogen functional groups attached to an aromatic ring is 1. The second-order valence-corrected chi connectivity index (χ2v) is 5.05. The van der Waals surface area contributed by atoms with E-state index < -0.39 is 0 Å². The van der Waals surface area contributed by atoms with Crippen LogP contribution in [0.1, 0.15) is 13.8 Å². The Balaban J connectivity index is 2.49. The Bertz CT molecular complexity index is 415. The lowest BCUT2D eigenvalue weighted by Gasteiger charge is -2.12. The quantitative estimate of drug-likeness (QED) is 0.585. The smallest absolute Gasteiger partial charge is 0.239 e. The molecule has 0 radical (unpaired) electrons. The lowest BCUT2D eigenvalue weighted by molar-refractivity contribution is 0.234. The van der Waals surface area contributed by atoms with Gasteiger partial charge in [0.1, 0.15) is 5.82 Å². The number of pyridine rings is 1. The van der Waals surface area contributed by atoms with Crippen molar-refractivity contribution in [2.75, 3.05) is 29.1 Å². The van der Waals surface area contributed by atoms with E-state index in [2.05, 4.69) is 16.2 Å². The highest BCUT2D eigenvalue weighted by Crippen LogP contribution is 2.21. The fourth-order valence-corrected chi connectivity index (χ4v) is 1.76. The summed E-state index contributed by atoms with van der Waals surface area (Å²) in [5, 5.41) is 3.21. The molecule has 0 atom stereocenters. The highest BCUT2D eigenvalue weighted by Gasteiger charge is 2.06. The predicted molar refractivity (Wildman–Crippen MR) is 79.1 cm³/mol. The van der Waals surface area contributed by atoms with Crippen LogP contribution in [0.2, 0.25) is 0 Å². The zero-order valence-electron chi connectivity index (χ0n) is 10.8. The molecule has 1 heterocycles. The van der Waals surface area contributed by atoms with Gasteiger partial charge in [-0.2, -0.15) is 4.98 Å². The van der Waals surface area contributed by atoms with Crippen molar-refractivity contribution < 1.29 is 4.74 Å². The number of aromatic nitrogens is 1. The lowest BCUT2D eigenvalue weighted by Crippen LogP contribution is -2.11. The van der Waals surface area contributed by atoms with E-state index in [0.717, 1.165) is 23.9 Å². The minimum Gasteiger partial charge on any atom is -0.473 e. The van der Waals surface area contributed by atoms with Gasteiger partial charge in [-0.15, -0.1) is 18.2 Å². The van der Waals surface area contributed by atoms with Gasteiger partial charge in [0.05, 0.1) is 17.5 Å². The molecule has 98 valence electrons. The molecule has 5 heteroatoms. The molecule has 0 unspecified atom stereocenters. The molecule has 0 saturated heterocycles. The molecule has 0 amide bonds. The van der Waals surface area contributed by atoms with Gasteiger partial charge in [-0.25, -0.2) is 0 Å². The van der Waals surface area contributed by atoms with Crippen LogP contribution >= 0.6 is 11.8 Å². The standard InChI is InChI=1S/C13H19N3OS/c1-4-8-18-9-7-15-12-6-5-11(14)13(16-12)17-10(2)3/h1,5-6,10H,7-9,14H2,2-3H3,(H,15,16). The number of nitrogens with two attached hydrogens (primary N) is 1. The van der Waals surface area contributed by atoms with E-state index in [-0.39, 0.29) is 6.10 Å². The predicted octanol–water partition coefficient (Wildman–Crippen LogP) is 2.23. The largest absolute Gasteiger partial charge is 0.473 e. The van der Waals surface area contributed by atoms with E-state index in [1.807, 2.05) is 19.9 Å². The van der Waals surface area contributed by atoms with E-state index in [0.29, 0.717) is 11.6 Å². The van der Waals surface area contributed by atoms with Crippen molar-refractivity contribution in [3.8, 4) is 18.2 Å². The minimum absolute atomic E-state index is 0.0567. The average molecular weight is 265 g/mol. The Morgan fingerprint density at radius 2 is 2.33 bits per heavy atom. The summed E-state index contributed by atoms with van der Waals surface area (Å²) in [6.07, 6.45) is 5.23. The minimum atomic E-state index is 0.0567. The highest BCUT2D eigenvalue weighted by molar-refractivity contribution is 7.99. The highest BCUT2D eigenvalue weighted by atomic mass is 32.2. The van der Waals surface area contributed by atoms with Crippen molar-refractivity contribution >= 4 is 23.3 Å². The number of thioether (sulfide) groups is 1. The summed E-state index contributed by atoms with van der Waals surface area (Å²) < 4.78 is 5.52. The van der Waals surface area contributed by atoms with Crippen molar-refractivity contribution in [1.29, 1.82) is 0 Å². The second kappa shape index (κ2) is 7.72. The van der Waals surface area contributed by atoms with Crippen LogP contribution in [-0.2, 0) is 0 Å². The number of ether oxygens (including phenoxy) is 1. The van der Waals surface area contributed by atoms with Crippen molar-refractivity contribution in [3.63, 3.8) is 0 Å². The molecule has 0 spiro atoms. The van der Waals surface area contributed by atoms with Crippen molar-refractivity contribution in [2.24, 2.45) is 0 Å². The Hall–Kier alpha value is -1.54. The van der Waals surface area contributed by atoms with Crippen molar-refractivity contribution in [3.05, 3.63) is 12.1 Å². The first-order valence-corrected chi connectivity index (χ1v) is 6.97. The summed E-state index contributed by atoms with van der Waals surface area (Å²) in [6, 6.07) is 3.63. The van der Waals surface area contributed by atoms with Gasteiger partial charge in [-0.05, 0) is 26.0 Å². The van der Waals surface area contributed by atoms with Crippen molar-refractivity contribution in [1.82, 2.24) is 4.98 Å². The van der Waals surface area contributed by atoms with Crippen LogP contribution in [0.3, 0.4) is 0 Å². The Kier molecular flexibility index (Phi) is 6.23. The van der Waals surface area contributed by atoms with Crippen LogP contribution in [-0.4, -0.2) is 29.1 Å². The zero-order valence-corrected chi connectivity index (χ0v) is 11.6. The first-order valence-electron chi connectivity index (χ1n) is 5.81. The van der Waals surface area contributed by atoms with E-state index in [4.69, 9.17) is 16.9 Å². The monoisotopic (exact) mass is 265 g/mol. The third kappa shape index (κ3) is 5.19. The summed E-state index contributed by atoms with van der Waals surface area (Å²) in [6.45, 7) is 4.69. The summed E-state index contributed by atoms with van der Waals surface area (Å²) in [4.78, 5) is 4.32. The molecule has 1 rings (SSSR count). The number of rotatable bonds is 7. The summed E-state index contributed by atoms with van der Waals surface area (Å²) in [5.41, 5.74) is 6.34. The fraction of sp³-hybridized carbons (Fsp3) is 0.462. The van der Waals surface area contributed by atoms with Gasteiger partial charge in [-0.3, -0.25) is 0 Å². The Morgan fingerprint density at radius 1 is 1.56 bits per heavy atom. The number of nitrogens with zero attached hydrogens (tertiary/aromatic N) is 1. The maximum atomic E-state index is 5.79. The second-order valence-electron chi connectivity index (χ2n) is 3.94. The molecular formula is C13H19N3OS. The number of hydrogen-bond acceptors (Lipinski definition) is 5. The van der Waals surface area contributed by atoms with Crippen LogP contribution in [0.4, 0.5) is 11.5 Å². The number of terminal acetylenes is 1. The molecule has 0 bridgehead atoms. The molecule has 0 fully saturated rings. The summed E-state index contributed by atoms with van der Waals surface area (Å²) in [7, 11) is 0. The van der Waals surface area contributed by atoms with Gasteiger partial charge in [0.25, 0.3) is 0 Å². The SMILES string of the molecule is C#CCSCCNc1ccc(N)c(OC(C)C)n1. The van der Waals surface area contributed by atoms with Crippen LogP contribution < -0.4 is 15.8 Å². The molecular weight excluding hydrogens is 246 g/mol. The van der Waals surface area contributed by atoms with Gasteiger partial charge >= 0.3 is 0 Å². The van der Waals surface area contributed by atoms with Crippen LogP contribution in [0.25, 0.3) is 0 Å². The van der Waals surface area contributed by atoms with E-state index >= 15 is 0 Å². The first-order chi connectivity index (χ1) is 8.63. The lowest BCUT2D eigenvalue weighted by atomic mass is 10.4. The molecule has 18 heavy (non-hydrogen) atoms. The third-order valence-electron chi connectivity index (χ3n) is 1.97. The molecule has 1 aromatic rings. The third-order valence-corrected chi connectivity index (χ3v) is 2.84. The molecule has 3 N–H and O–H groups in total. The van der Waals surface area contributed by atoms with Crippen LogP contribution in [0.15, 0.2) is 12.1 Å².